The fourth-order valence-corrected chi connectivity index (χ4v) is 5.80. The summed E-state index contributed by atoms with van der Waals surface area (Å²) in [5.74, 6) is 3.55. The highest BCUT2D eigenvalue weighted by Gasteiger charge is 1.99. The highest BCUT2D eigenvalue weighted by molar-refractivity contribution is 5.44. The first-order valence-electron chi connectivity index (χ1n) is 19.9. The third-order valence-electron chi connectivity index (χ3n) is 8.88. The van der Waals surface area contributed by atoms with Gasteiger partial charge in [0.25, 0.3) is 0 Å². The first-order valence-corrected chi connectivity index (χ1v) is 19.9. The van der Waals surface area contributed by atoms with Crippen molar-refractivity contribution < 1.29 is 18.9 Å². The van der Waals surface area contributed by atoms with Crippen LogP contribution in [-0.2, 0) is 0 Å². The van der Waals surface area contributed by atoms with E-state index in [0.29, 0.717) is 0 Å². The van der Waals surface area contributed by atoms with Crippen molar-refractivity contribution in [1.29, 1.82) is 0 Å². The first-order chi connectivity index (χ1) is 26.0. The highest BCUT2D eigenvalue weighted by Crippen LogP contribution is 2.18. The van der Waals surface area contributed by atoms with E-state index < -0.39 is 0 Å². The Bertz CT molecular complexity index is 1360. The van der Waals surface area contributed by atoms with Gasteiger partial charge in [-0.25, -0.2) is 0 Å². The Labute approximate surface area is 319 Å². The van der Waals surface area contributed by atoms with Gasteiger partial charge in [0.1, 0.15) is 23.0 Å². The predicted octanol–water partition coefficient (Wildman–Crippen LogP) is 11.2. The second-order valence-corrected chi connectivity index (χ2v) is 13.7. The summed E-state index contributed by atoms with van der Waals surface area (Å²) < 4.78 is 22.8. The molecule has 0 aliphatic rings. The van der Waals surface area contributed by atoms with Crippen molar-refractivity contribution in [3.05, 3.63) is 97.1 Å². The van der Waals surface area contributed by atoms with E-state index in [0.717, 1.165) is 97.9 Å². The molecule has 8 heteroatoms. The maximum absolute atomic E-state index is 5.73. The summed E-state index contributed by atoms with van der Waals surface area (Å²) in [5, 5.41) is 0. The molecule has 0 aliphatic carbocycles. The van der Waals surface area contributed by atoms with Crippen molar-refractivity contribution in [2.75, 3.05) is 49.4 Å². The summed E-state index contributed by atoms with van der Waals surface area (Å²) in [6, 6.07) is 30.4. The summed E-state index contributed by atoms with van der Waals surface area (Å²) >= 11 is 0. The Morgan fingerprint density at radius 2 is 0.528 bits per heavy atom. The van der Waals surface area contributed by atoms with E-state index in [4.69, 9.17) is 41.9 Å². The molecule has 0 heterocycles. The molecular formula is C45H66N4O4. The van der Waals surface area contributed by atoms with Gasteiger partial charge in [-0.15, -0.1) is 0 Å². The molecule has 0 aliphatic heterocycles. The number of anilines is 4. The zero-order valence-electron chi connectivity index (χ0n) is 32.0. The molecule has 4 aromatic rings. The number of hydrogen-bond donors (Lipinski definition) is 4. The molecule has 0 amide bonds. The van der Waals surface area contributed by atoms with Gasteiger partial charge in [0.05, 0.1) is 26.4 Å². The second-order valence-electron chi connectivity index (χ2n) is 13.7. The van der Waals surface area contributed by atoms with Gasteiger partial charge in [-0.1, -0.05) is 95.6 Å². The molecule has 290 valence electrons. The number of hydrogen-bond acceptors (Lipinski definition) is 8. The van der Waals surface area contributed by atoms with Crippen molar-refractivity contribution >= 4 is 22.7 Å². The molecule has 8 N–H and O–H groups in total. The Balaban J connectivity index is 0.000000286. The van der Waals surface area contributed by atoms with Crippen LogP contribution in [0.1, 0.15) is 109 Å². The molecule has 0 spiro atoms. The minimum Gasteiger partial charge on any atom is -0.494 e. The van der Waals surface area contributed by atoms with Crippen molar-refractivity contribution in [3.63, 3.8) is 0 Å². The van der Waals surface area contributed by atoms with Crippen LogP contribution < -0.4 is 41.9 Å². The lowest BCUT2D eigenvalue weighted by Crippen LogP contribution is -1.98. The van der Waals surface area contributed by atoms with E-state index >= 15 is 0 Å². The maximum atomic E-state index is 5.73. The second kappa shape index (κ2) is 27.9. The van der Waals surface area contributed by atoms with E-state index in [9.17, 15) is 0 Å². The number of ether oxygens (including phenoxy) is 4. The van der Waals surface area contributed by atoms with Crippen LogP contribution in [0.4, 0.5) is 22.7 Å². The van der Waals surface area contributed by atoms with Crippen molar-refractivity contribution in [3.8, 4) is 23.0 Å². The van der Waals surface area contributed by atoms with E-state index in [1.165, 1.54) is 83.5 Å². The Morgan fingerprint density at radius 3 is 0.811 bits per heavy atom. The van der Waals surface area contributed by atoms with Crippen LogP contribution in [0.5, 0.6) is 23.0 Å². The SMILES string of the molecule is Nc1ccc(OCCCCCCCCCCCOc2ccc(N)cc2)cc1.Nc1cccc(OCCCCCCCCCCOc2cccc(N)c2)c1. The molecule has 4 aromatic carbocycles. The minimum atomic E-state index is 0.751. The number of rotatable bonds is 27. The molecule has 0 aromatic heterocycles. The van der Waals surface area contributed by atoms with E-state index in [1.807, 2.05) is 97.1 Å². The minimum absolute atomic E-state index is 0.751. The van der Waals surface area contributed by atoms with E-state index in [1.54, 1.807) is 0 Å². The van der Waals surface area contributed by atoms with Gasteiger partial charge >= 0.3 is 0 Å². The van der Waals surface area contributed by atoms with Gasteiger partial charge in [-0.3, -0.25) is 0 Å². The third-order valence-corrected chi connectivity index (χ3v) is 8.88. The number of nitrogen functional groups attached to an aromatic ring is 4. The molecule has 53 heavy (non-hydrogen) atoms. The Kier molecular flexibility index (Phi) is 22.4. The zero-order chi connectivity index (χ0) is 37.6. The summed E-state index contributed by atoms with van der Waals surface area (Å²) in [4.78, 5) is 0. The average Bonchev–Trinajstić information content (AvgIpc) is 3.16. The van der Waals surface area contributed by atoms with E-state index in [-0.39, 0.29) is 0 Å². The van der Waals surface area contributed by atoms with Crippen molar-refractivity contribution in [1.82, 2.24) is 0 Å². The quantitative estimate of drug-likeness (QED) is 0.0351. The fourth-order valence-electron chi connectivity index (χ4n) is 5.80. The van der Waals surface area contributed by atoms with Crippen LogP contribution in [0, 0.1) is 0 Å². The topological polar surface area (TPSA) is 141 Å². The molecule has 0 fully saturated rings. The molecule has 0 atom stereocenters. The molecular weight excluding hydrogens is 661 g/mol. The molecule has 0 bridgehead atoms. The summed E-state index contributed by atoms with van der Waals surface area (Å²) in [6.45, 7) is 3.12. The van der Waals surface area contributed by atoms with Gasteiger partial charge in [-0.2, -0.15) is 0 Å². The number of unbranched alkanes of at least 4 members (excludes halogenated alkanes) is 15. The lowest BCUT2D eigenvalue weighted by Gasteiger charge is -2.07. The number of benzene rings is 4. The lowest BCUT2D eigenvalue weighted by atomic mass is 10.1. The lowest BCUT2D eigenvalue weighted by molar-refractivity contribution is 0.301. The van der Waals surface area contributed by atoms with Gasteiger partial charge in [0.2, 0.25) is 0 Å². The molecule has 0 saturated heterocycles. The van der Waals surface area contributed by atoms with Crippen molar-refractivity contribution in [2.45, 2.75) is 109 Å². The average molecular weight is 727 g/mol. The standard InChI is InChI=1S/C23H34N2O2.C22H32N2O2/c24-20-10-14-22(15-11-20)26-18-8-6-4-2-1-3-5-7-9-19-27-23-16-12-21(25)13-17-23;23-19-11-9-13-21(17-19)25-15-7-5-3-1-2-4-6-8-16-26-22-14-10-12-20(24)18-22/h10-17H,1-9,18-19,24-25H2;9-14,17-18H,1-8,15-16,23-24H2. The first kappa shape index (κ1) is 42.7. The van der Waals surface area contributed by atoms with Crippen molar-refractivity contribution in [2.24, 2.45) is 0 Å². The van der Waals surface area contributed by atoms with Gasteiger partial charge < -0.3 is 41.9 Å². The zero-order valence-corrected chi connectivity index (χ0v) is 32.0. The van der Waals surface area contributed by atoms with Crippen LogP contribution in [0.3, 0.4) is 0 Å². The van der Waals surface area contributed by atoms with Gasteiger partial charge in [0, 0.05) is 34.9 Å². The summed E-state index contributed by atoms with van der Waals surface area (Å²) in [6.07, 6.45) is 21.1. The normalized spacial score (nSPS) is 10.6. The van der Waals surface area contributed by atoms with Gasteiger partial charge in [-0.05, 0) is 98.5 Å². The van der Waals surface area contributed by atoms with Crippen LogP contribution in [-0.4, -0.2) is 26.4 Å². The summed E-state index contributed by atoms with van der Waals surface area (Å²) in [5.41, 5.74) is 25.8. The largest absolute Gasteiger partial charge is 0.494 e. The number of nitrogens with two attached hydrogens (primary N) is 4. The molecule has 8 nitrogen and oxygen atoms in total. The highest BCUT2D eigenvalue weighted by atomic mass is 16.5. The van der Waals surface area contributed by atoms with E-state index in [2.05, 4.69) is 0 Å². The maximum Gasteiger partial charge on any atom is 0.121 e. The Morgan fingerprint density at radius 1 is 0.264 bits per heavy atom. The van der Waals surface area contributed by atoms with Crippen LogP contribution in [0.2, 0.25) is 0 Å². The molecule has 4 rings (SSSR count). The molecule has 0 radical (unpaired) electrons. The van der Waals surface area contributed by atoms with Crippen LogP contribution >= 0.6 is 0 Å². The Hall–Kier alpha value is -4.72. The smallest absolute Gasteiger partial charge is 0.121 e. The monoisotopic (exact) mass is 727 g/mol. The van der Waals surface area contributed by atoms with Crippen LogP contribution in [0.15, 0.2) is 97.1 Å². The molecule has 0 saturated carbocycles. The third kappa shape index (κ3) is 22.1. The predicted molar refractivity (Wildman–Crippen MR) is 224 cm³/mol. The van der Waals surface area contributed by atoms with Gasteiger partial charge in [0.15, 0.2) is 0 Å². The fraction of sp³-hybridized carbons (Fsp3) is 0.467. The van der Waals surface area contributed by atoms with Crippen LogP contribution in [0.25, 0.3) is 0 Å². The molecule has 0 unspecified atom stereocenters. The summed E-state index contributed by atoms with van der Waals surface area (Å²) in [7, 11) is 0.